The van der Waals surface area contributed by atoms with Crippen molar-refractivity contribution >= 4 is 27.3 Å². The molecule has 0 saturated carbocycles. The quantitative estimate of drug-likeness (QED) is 0.228. The van der Waals surface area contributed by atoms with Crippen LogP contribution in [0, 0.1) is 12.8 Å². The van der Waals surface area contributed by atoms with Crippen molar-refractivity contribution < 1.29 is 4.57 Å². The zero-order valence-electron chi connectivity index (χ0n) is 19.2. The Morgan fingerprint density at radius 3 is 2.35 bits per heavy atom. The fourth-order valence-corrected chi connectivity index (χ4v) is 5.25. The Labute approximate surface area is 184 Å². The van der Waals surface area contributed by atoms with Crippen LogP contribution in [0.3, 0.4) is 0 Å². The summed E-state index contributed by atoms with van der Waals surface area (Å²) >= 11 is 0. The molecule has 2 heterocycles. The molecule has 0 unspecified atom stereocenters. The minimum atomic E-state index is 0.616. The number of imidazole rings is 1. The highest BCUT2D eigenvalue weighted by Gasteiger charge is 2.26. The summed E-state index contributed by atoms with van der Waals surface area (Å²) in [5, 5.41) is 3.98. The third-order valence-corrected chi connectivity index (χ3v) is 6.54. The molecular formula is C29H31N2+. The highest BCUT2D eigenvalue weighted by Crippen LogP contribution is 2.36. The molecule has 5 rings (SSSR count). The molecule has 0 aliphatic heterocycles. The number of aromatic nitrogens is 2. The molecule has 3 aromatic carbocycles. The van der Waals surface area contributed by atoms with Gasteiger partial charge in [-0.2, -0.15) is 4.40 Å². The van der Waals surface area contributed by atoms with Crippen molar-refractivity contribution in [3.8, 4) is 11.3 Å². The maximum absolute atomic E-state index is 2.50. The molecular weight excluding hydrogens is 376 g/mol. The van der Waals surface area contributed by atoms with E-state index in [1.165, 1.54) is 55.3 Å². The van der Waals surface area contributed by atoms with Crippen molar-refractivity contribution in [1.82, 2.24) is 4.40 Å². The van der Waals surface area contributed by atoms with Crippen LogP contribution in [0.25, 0.3) is 38.6 Å². The summed E-state index contributed by atoms with van der Waals surface area (Å²) in [5.41, 5.74) is 9.44. The molecule has 0 N–H and O–H groups in total. The average Bonchev–Trinajstić information content (AvgIpc) is 3.10. The molecule has 2 aromatic heterocycles. The predicted molar refractivity (Wildman–Crippen MR) is 132 cm³/mol. The molecule has 31 heavy (non-hydrogen) atoms. The lowest BCUT2D eigenvalue weighted by atomic mass is 9.91. The van der Waals surface area contributed by atoms with E-state index in [-0.39, 0.29) is 0 Å². The van der Waals surface area contributed by atoms with Gasteiger partial charge in [0.25, 0.3) is 5.65 Å². The van der Waals surface area contributed by atoms with E-state index in [2.05, 4.69) is 111 Å². The molecule has 0 spiro atoms. The van der Waals surface area contributed by atoms with Crippen molar-refractivity contribution in [3.05, 3.63) is 83.6 Å². The predicted octanol–water partition coefficient (Wildman–Crippen LogP) is 6.81. The van der Waals surface area contributed by atoms with E-state index in [0.717, 1.165) is 12.8 Å². The molecule has 0 saturated heterocycles. The highest BCUT2D eigenvalue weighted by molar-refractivity contribution is 6.12. The van der Waals surface area contributed by atoms with Crippen LogP contribution in [0.5, 0.6) is 0 Å². The summed E-state index contributed by atoms with van der Waals surface area (Å²) in [6.07, 6.45) is 4.46. The first kappa shape index (κ1) is 19.8. The lowest BCUT2D eigenvalue weighted by molar-refractivity contribution is -0.643. The van der Waals surface area contributed by atoms with E-state index in [1.54, 1.807) is 0 Å². The smallest absolute Gasteiger partial charge is 0.232 e. The Morgan fingerprint density at radius 2 is 1.58 bits per heavy atom. The monoisotopic (exact) mass is 407 g/mol. The topological polar surface area (TPSA) is 8.29 Å². The molecule has 0 fully saturated rings. The number of benzene rings is 3. The van der Waals surface area contributed by atoms with Gasteiger partial charge in [0.2, 0.25) is 0 Å². The van der Waals surface area contributed by atoms with Crippen molar-refractivity contribution in [1.29, 1.82) is 0 Å². The van der Waals surface area contributed by atoms with Gasteiger partial charge in [0.15, 0.2) is 5.69 Å². The Bertz CT molecular complexity index is 1440. The molecule has 2 nitrogen and oxygen atoms in total. The Kier molecular flexibility index (Phi) is 4.81. The Balaban J connectivity index is 2.02. The normalized spacial score (nSPS) is 11.9. The van der Waals surface area contributed by atoms with Gasteiger partial charge >= 0.3 is 0 Å². The van der Waals surface area contributed by atoms with E-state index < -0.39 is 0 Å². The van der Waals surface area contributed by atoms with Gasteiger partial charge in [0.1, 0.15) is 11.7 Å². The van der Waals surface area contributed by atoms with E-state index in [0.29, 0.717) is 5.92 Å². The molecule has 0 aliphatic carbocycles. The van der Waals surface area contributed by atoms with Gasteiger partial charge in [-0.15, -0.1) is 0 Å². The number of nitrogens with zero attached hydrogens (tertiary/aromatic N) is 2. The summed E-state index contributed by atoms with van der Waals surface area (Å²) in [6.45, 7) is 9.12. The molecule has 0 amide bonds. The summed E-state index contributed by atoms with van der Waals surface area (Å²) < 4.78 is 4.83. The van der Waals surface area contributed by atoms with Gasteiger partial charge in [-0.1, -0.05) is 75.4 Å². The number of pyridine rings is 1. The van der Waals surface area contributed by atoms with Crippen LogP contribution < -0.4 is 4.57 Å². The van der Waals surface area contributed by atoms with Crippen molar-refractivity contribution in [3.63, 3.8) is 0 Å². The van der Waals surface area contributed by atoms with E-state index >= 15 is 0 Å². The third-order valence-electron chi connectivity index (χ3n) is 6.54. The van der Waals surface area contributed by atoms with E-state index in [1.807, 2.05) is 0 Å². The van der Waals surface area contributed by atoms with Crippen LogP contribution in [0.4, 0.5) is 0 Å². The number of hydrogen-bond acceptors (Lipinski definition) is 0. The second-order valence-corrected chi connectivity index (χ2v) is 9.20. The first-order valence-electron chi connectivity index (χ1n) is 11.4. The second kappa shape index (κ2) is 7.53. The van der Waals surface area contributed by atoms with E-state index in [4.69, 9.17) is 0 Å². The van der Waals surface area contributed by atoms with Crippen LogP contribution in [0.1, 0.15) is 37.5 Å². The van der Waals surface area contributed by atoms with Crippen molar-refractivity contribution in [2.45, 2.75) is 40.5 Å². The first-order chi connectivity index (χ1) is 15.0. The molecule has 0 bridgehead atoms. The van der Waals surface area contributed by atoms with Crippen LogP contribution in [-0.2, 0) is 19.9 Å². The zero-order valence-corrected chi connectivity index (χ0v) is 19.2. The molecule has 0 aliphatic rings. The fourth-order valence-electron chi connectivity index (χ4n) is 5.25. The maximum atomic E-state index is 2.50. The number of para-hydroxylation sites is 1. The summed E-state index contributed by atoms with van der Waals surface area (Å²) in [5.74, 6) is 0.616. The van der Waals surface area contributed by atoms with E-state index in [9.17, 15) is 0 Å². The van der Waals surface area contributed by atoms with Crippen LogP contribution in [0.2, 0.25) is 0 Å². The molecule has 2 heteroatoms. The summed E-state index contributed by atoms with van der Waals surface area (Å²) in [7, 11) is 2.19. The minimum Gasteiger partial charge on any atom is -0.232 e. The van der Waals surface area contributed by atoms with Crippen molar-refractivity contribution in [2.24, 2.45) is 13.0 Å². The lowest BCUT2D eigenvalue weighted by Gasteiger charge is -2.14. The van der Waals surface area contributed by atoms with Crippen molar-refractivity contribution in [2.75, 3.05) is 0 Å². The average molecular weight is 408 g/mol. The van der Waals surface area contributed by atoms with Crippen LogP contribution >= 0.6 is 0 Å². The third kappa shape index (κ3) is 3.05. The number of hydrogen-bond donors (Lipinski definition) is 0. The maximum Gasteiger partial charge on any atom is 0.295 e. The molecule has 0 radical (unpaired) electrons. The molecule has 156 valence electrons. The lowest BCUT2D eigenvalue weighted by Crippen LogP contribution is -2.26. The second-order valence-electron chi connectivity index (χ2n) is 9.20. The van der Waals surface area contributed by atoms with Gasteiger partial charge in [-0.3, -0.25) is 0 Å². The first-order valence-corrected chi connectivity index (χ1v) is 11.4. The highest BCUT2D eigenvalue weighted by atomic mass is 15.1. The summed E-state index contributed by atoms with van der Waals surface area (Å²) in [6, 6.07) is 22.4. The van der Waals surface area contributed by atoms with Crippen LogP contribution in [0.15, 0.2) is 66.9 Å². The van der Waals surface area contributed by atoms with Crippen LogP contribution in [-0.4, -0.2) is 4.40 Å². The summed E-state index contributed by atoms with van der Waals surface area (Å²) in [4.78, 5) is 0. The number of aryl methyl sites for hydroxylation is 3. The van der Waals surface area contributed by atoms with Gasteiger partial charge in [-0.25, -0.2) is 4.57 Å². The minimum absolute atomic E-state index is 0.616. The Hall–Kier alpha value is -3.13. The zero-order chi connectivity index (χ0) is 21.7. The fraction of sp³-hybridized carbons (Fsp3) is 0.276. The SMILES string of the molecule is CCc1cccc(CC(C)C)c1-c1c[n+](C)c2c3c(C)cccc3c3ccccc3n12. The van der Waals surface area contributed by atoms with Gasteiger partial charge in [0, 0.05) is 16.3 Å². The largest absolute Gasteiger partial charge is 0.295 e. The molecule has 0 atom stereocenters. The molecule has 5 aromatic rings. The van der Waals surface area contributed by atoms with Gasteiger partial charge in [-0.05, 0) is 48.4 Å². The standard InChI is InChI=1S/C29H31N2/c1-6-21-12-10-13-22(17-19(2)3)28(21)26-18-30(5)29-27-20(4)11-9-15-24(27)23-14-7-8-16-25(23)31(26)29/h7-16,18-19H,6,17H2,1-5H3/q+1. The van der Waals surface area contributed by atoms with Gasteiger partial charge in [0.05, 0.1) is 12.4 Å². The van der Waals surface area contributed by atoms with Gasteiger partial charge < -0.3 is 0 Å². The Morgan fingerprint density at radius 1 is 0.871 bits per heavy atom. The number of fused-ring (bicyclic) bond motifs is 6. The number of rotatable bonds is 4.